The first-order valence-electron chi connectivity index (χ1n) is 11.0. The third-order valence-corrected chi connectivity index (χ3v) is 7.20. The van der Waals surface area contributed by atoms with Gasteiger partial charge in [-0.15, -0.1) is 0 Å². The number of aromatic nitrogens is 2. The standard InChI is InChI=1S/C27H27N3/c1-30-24-11-5-3-8-20(24)21-13-12-18(17-25(21)30)14-16-27(28)15-6-9-22-19-7-2-4-10-23(19)29-26(22)27/h2-5,7-8,10-13,17,29H,6,9,14-16,28H2,1H3. The van der Waals surface area contributed by atoms with Gasteiger partial charge in [-0.2, -0.15) is 0 Å². The molecular weight excluding hydrogens is 366 g/mol. The molecular formula is C27H27N3. The van der Waals surface area contributed by atoms with Gasteiger partial charge in [-0.05, 0) is 61.4 Å². The highest BCUT2D eigenvalue weighted by atomic mass is 14.9. The average molecular weight is 394 g/mol. The molecule has 0 saturated heterocycles. The summed E-state index contributed by atoms with van der Waals surface area (Å²) in [6, 6.07) is 24.2. The second-order valence-corrected chi connectivity index (χ2v) is 8.96. The zero-order valence-corrected chi connectivity index (χ0v) is 17.4. The smallest absolute Gasteiger partial charge is 0.0568 e. The number of aromatic amines is 1. The van der Waals surface area contributed by atoms with Gasteiger partial charge >= 0.3 is 0 Å². The predicted molar refractivity (Wildman–Crippen MR) is 126 cm³/mol. The van der Waals surface area contributed by atoms with Crippen molar-refractivity contribution in [3.8, 4) is 0 Å². The molecule has 1 atom stereocenters. The highest BCUT2D eigenvalue weighted by Crippen LogP contribution is 2.40. The highest BCUT2D eigenvalue weighted by molar-refractivity contribution is 6.08. The van der Waals surface area contributed by atoms with Crippen LogP contribution in [0.1, 0.15) is 36.1 Å². The van der Waals surface area contributed by atoms with Gasteiger partial charge in [0.2, 0.25) is 0 Å². The summed E-state index contributed by atoms with van der Waals surface area (Å²) in [5, 5.41) is 4.00. The Hall–Kier alpha value is -3.04. The predicted octanol–water partition coefficient (Wildman–Crippen LogP) is 5.94. The fourth-order valence-electron chi connectivity index (χ4n) is 5.57. The second-order valence-electron chi connectivity index (χ2n) is 8.96. The fraction of sp³-hybridized carbons (Fsp3) is 0.259. The van der Waals surface area contributed by atoms with Crippen LogP contribution in [-0.4, -0.2) is 9.55 Å². The fourth-order valence-corrected chi connectivity index (χ4v) is 5.57. The Balaban J connectivity index is 1.35. The molecule has 1 aliphatic rings. The van der Waals surface area contributed by atoms with Crippen molar-refractivity contribution in [2.24, 2.45) is 12.8 Å². The van der Waals surface area contributed by atoms with Gasteiger partial charge in [-0.3, -0.25) is 0 Å². The Kier molecular flexibility index (Phi) is 3.84. The summed E-state index contributed by atoms with van der Waals surface area (Å²) in [4.78, 5) is 3.67. The molecule has 0 bridgehead atoms. The molecule has 0 fully saturated rings. The maximum atomic E-state index is 7.05. The lowest BCUT2D eigenvalue weighted by molar-refractivity contribution is 0.339. The third-order valence-electron chi connectivity index (χ3n) is 7.20. The van der Waals surface area contributed by atoms with Crippen molar-refractivity contribution in [2.45, 2.75) is 37.6 Å². The molecule has 3 nitrogen and oxygen atoms in total. The minimum absolute atomic E-state index is 0.277. The van der Waals surface area contributed by atoms with Crippen LogP contribution in [-0.2, 0) is 25.4 Å². The van der Waals surface area contributed by atoms with Gasteiger partial charge in [0, 0.05) is 45.5 Å². The number of para-hydroxylation sites is 2. The van der Waals surface area contributed by atoms with Crippen LogP contribution in [0.25, 0.3) is 32.7 Å². The van der Waals surface area contributed by atoms with E-state index in [0.717, 1.165) is 32.1 Å². The first-order valence-corrected chi connectivity index (χ1v) is 11.0. The van der Waals surface area contributed by atoms with Crippen molar-refractivity contribution in [1.82, 2.24) is 9.55 Å². The minimum Gasteiger partial charge on any atom is -0.357 e. The van der Waals surface area contributed by atoms with E-state index in [4.69, 9.17) is 5.73 Å². The summed E-state index contributed by atoms with van der Waals surface area (Å²) in [5.74, 6) is 0. The zero-order valence-electron chi connectivity index (χ0n) is 17.4. The molecule has 3 heteroatoms. The first kappa shape index (κ1) is 17.8. The van der Waals surface area contributed by atoms with Gasteiger partial charge in [0.1, 0.15) is 0 Å². The van der Waals surface area contributed by atoms with Crippen LogP contribution in [0.3, 0.4) is 0 Å². The van der Waals surface area contributed by atoms with Crippen molar-refractivity contribution in [2.75, 3.05) is 0 Å². The van der Waals surface area contributed by atoms with Crippen molar-refractivity contribution >= 4 is 32.7 Å². The molecule has 0 saturated carbocycles. The van der Waals surface area contributed by atoms with E-state index in [9.17, 15) is 0 Å². The summed E-state index contributed by atoms with van der Waals surface area (Å²) in [7, 11) is 2.16. The van der Waals surface area contributed by atoms with Crippen LogP contribution in [0.5, 0.6) is 0 Å². The van der Waals surface area contributed by atoms with Gasteiger partial charge in [-0.1, -0.05) is 48.5 Å². The van der Waals surface area contributed by atoms with Crippen LogP contribution in [0.15, 0.2) is 66.7 Å². The Labute approximate surface area is 176 Å². The van der Waals surface area contributed by atoms with Crippen LogP contribution in [0.2, 0.25) is 0 Å². The van der Waals surface area contributed by atoms with E-state index in [1.807, 2.05) is 0 Å². The molecule has 0 amide bonds. The molecule has 3 N–H and O–H groups in total. The molecule has 0 spiro atoms. The third kappa shape index (κ3) is 2.55. The number of rotatable bonds is 3. The van der Waals surface area contributed by atoms with E-state index in [2.05, 4.69) is 83.3 Å². The molecule has 3 aromatic carbocycles. The number of aryl methyl sites for hydroxylation is 3. The summed E-state index contributed by atoms with van der Waals surface area (Å²) in [6.07, 6.45) is 5.28. The first-order chi connectivity index (χ1) is 14.6. The van der Waals surface area contributed by atoms with Crippen molar-refractivity contribution in [1.29, 1.82) is 0 Å². The van der Waals surface area contributed by atoms with Crippen LogP contribution in [0, 0.1) is 0 Å². The topological polar surface area (TPSA) is 46.7 Å². The molecule has 0 aliphatic heterocycles. The minimum atomic E-state index is -0.277. The maximum Gasteiger partial charge on any atom is 0.0568 e. The van der Waals surface area contributed by atoms with E-state index in [0.29, 0.717) is 0 Å². The van der Waals surface area contributed by atoms with Crippen LogP contribution < -0.4 is 5.73 Å². The SMILES string of the molecule is Cn1c2ccccc2c2ccc(CCC3(N)CCCc4c3[nH]c3ccccc43)cc21. The quantitative estimate of drug-likeness (QED) is 0.392. The van der Waals surface area contributed by atoms with Gasteiger partial charge in [0.05, 0.1) is 5.54 Å². The number of nitrogens with two attached hydrogens (primary N) is 1. The Morgan fingerprint density at radius 1 is 0.933 bits per heavy atom. The Morgan fingerprint density at radius 2 is 1.70 bits per heavy atom. The molecule has 2 heterocycles. The summed E-state index contributed by atoms with van der Waals surface area (Å²) >= 11 is 0. The summed E-state index contributed by atoms with van der Waals surface area (Å²) in [5.41, 5.74) is 14.6. The maximum absolute atomic E-state index is 7.05. The second kappa shape index (κ2) is 6.48. The van der Waals surface area contributed by atoms with Gasteiger partial charge in [-0.25, -0.2) is 0 Å². The van der Waals surface area contributed by atoms with Crippen molar-refractivity contribution in [3.05, 3.63) is 83.6 Å². The van der Waals surface area contributed by atoms with Gasteiger partial charge in [0.15, 0.2) is 0 Å². The zero-order chi connectivity index (χ0) is 20.3. The molecule has 0 radical (unpaired) electrons. The van der Waals surface area contributed by atoms with E-state index < -0.39 is 0 Å². The number of hydrogen-bond donors (Lipinski definition) is 2. The number of nitrogens with zero attached hydrogens (tertiary/aromatic N) is 1. The van der Waals surface area contributed by atoms with Crippen molar-refractivity contribution < 1.29 is 0 Å². The van der Waals surface area contributed by atoms with Crippen LogP contribution in [0.4, 0.5) is 0 Å². The Morgan fingerprint density at radius 3 is 2.60 bits per heavy atom. The van der Waals surface area contributed by atoms with Gasteiger partial charge in [0.25, 0.3) is 0 Å². The molecule has 6 rings (SSSR count). The van der Waals surface area contributed by atoms with Crippen molar-refractivity contribution in [3.63, 3.8) is 0 Å². The van der Waals surface area contributed by atoms with E-state index in [-0.39, 0.29) is 5.54 Å². The lowest BCUT2D eigenvalue weighted by Crippen LogP contribution is -2.40. The van der Waals surface area contributed by atoms with Gasteiger partial charge < -0.3 is 15.3 Å². The molecule has 5 aromatic rings. The molecule has 30 heavy (non-hydrogen) atoms. The molecule has 1 unspecified atom stereocenters. The number of fused-ring (bicyclic) bond motifs is 6. The average Bonchev–Trinajstić information content (AvgIpc) is 3.30. The lowest BCUT2D eigenvalue weighted by atomic mass is 9.77. The molecule has 1 aliphatic carbocycles. The van der Waals surface area contributed by atoms with E-state index >= 15 is 0 Å². The largest absolute Gasteiger partial charge is 0.357 e. The monoisotopic (exact) mass is 393 g/mol. The lowest BCUT2D eigenvalue weighted by Gasteiger charge is -2.34. The summed E-state index contributed by atoms with van der Waals surface area (Å²) < 4.78 is 2.31. The van der Waals surface area contributed by atoms with E-state index in [1.54, 1.807) is 0 Å². The normalized spacial score (nSPS) is 19.0. The highest BCUT2D eigenvalue weighted by Gasteiger charge is 2.35. The van der Waals surface area contributed by atoms with E-state index in [1.165, 1.54) is 49.5 Å². The number of H-pyrrole nitrogens is 1. The molecule has 150 valence electrons. The number of nitrogens with one attached hydrogen (secondary N) is 1. The molecule has 2 aromatic heterocycles. The number of hydrogen-bond acceptors (Lipinski definition) is 1. The number of benzene rings is 3. The van der Waals surface area contributed by atoms with Crippen LogP contribution >= 0.6 is 0 Å². The summed E-state index contributed by atoms with van der Waals surface area (Å²) in [6.45, 7) is 0. The Bertz CT molecular complexity index is 1400.